The summed E-state index contributed by atoms with van der Waals surface area (Å²) < 4.78 is 1.93. The van der Waals surface area contributed by atoms with E-state index < -0.39 is 0 Å². The number of nitrogens with zero attached hydrogens (tertiary/aromatic N) is 3. The first-order valence-corrected chi connectivity index (χ1v) is 7.93. The molecule has 1 aliphatic heterocycles. The second kappa shape index (κ2) is 6.27. The average Bonchev–Trinajstić information content (AvgIpc) is 2.67. The number of aryl methyl sites for hydroxylation is 2. The van der Waals surface area contributed by atoms with E-state index in [0.717, 1.165) is 19.5 Å². The van der Waals surface area contributed by atoms with E-state index in [1.54, 1.807) is 0 Å². The van der Waals surface area contributed by atoms with Gasteiger partial charge in [0.05, 0.1) is 11.7 Å². The number of aromatic nitrogens is 2. The standard InChI is InChI=1S/C16H30N4/c1-5-14-13(12-19(4)18-14)15(11-17)20-9-6-7-16(2,3)8-10-20/h12,15H,5-11,17H2,1-4H3. The molecule has 1 unspecified atom stereocenters. The van der Waals surface area contributed by atoms with Crippen molar-refractivity contribution < 1.29 is 0 Å². The van der Waals surface area contributed by atoms with Crippen LogP contribution in [0.4, 0.5) is 0 Å². The minimum atomic E-state index is 0.326. The predicted molar refractivity (Wildman–Crippen MR) is 83.6 cm³/mol. The highest BCUT2D eigenvalue weighted by molar-refractivity contribution is 5.22. The summed E-state index contributed by atoms with van der Waals surface area (Å²) in [5.41, 5.74) is 9.11. The molecule has 20 heavy (non-hydrogen) atoms. The SMILES string of the molecule is CCc1nn(C)cc1C(CN)N1CCCC(C)(C)CC1. The van der Waals surface area contributed by atoms with Gasteiger partial charge in [-0.25, -0.2) is 0 Å². The van der Waals surface area contributed by atoms with Gasteiger partial charge in [0.1, 0.15) is 0 Å². The maximum Gasteiger partial charge on any atom is 0.0670 e. The van der Waals surface area contributed by atoms with Crippen molar-refractivity contribution in [3.05, 3.63) is 17.5 Å². The Hall–Kier alpha value is -0.870. The van der Waals surface area contributed by atoms with Crippen molar-refractivity contribution in [3.63, 3.8) is 0 Å². The highest BCUT2D eigenvalue weighted by Gasteiger charge is 2.28. The average molecular weight is 278 g/mol. The van der Waals surface area contributed by atoms with Crippen LogP contribution in [0.5, 0.6) is 0 Å². The topological polar surface area (TPSA) is 47.1 Å². The summed E-state index contributed by atoms with van der Waals surface area (Å²) >= 11 is 0. The smallest absolute Gasteiger partial charge is 0.0670 e. The molecule has 1 aromatic heterocycles. The Labute approximate surface area is 123 Å². The molecule has 0 amide bonds. The van der Waals surface area contributed by atoms with Crippen LogP contribution in [-0.4, -0.2) is 34.3 Å². The van der Waals surface area contributed by atoms with Crippen molar-refractivity contribution in [3.8, 4) is 0 Å². The number of nitrogens with two attached hydrogens (primary N) is 1. The van der Waals surface area contributed by atoms with Crippen LogP contribution in [0.25, 0.3) is 0 Å². The summed E-state index contributed by atoms with van der Waals surface area (Å²) in [6.07, 6.45) is 6.98. The second-order valence-electron chi connectivity index (χ2n) is 6.86. The van der Waals surface area contributed by atoms with E-state index in [2.05, 4.69) is 37.0 Å². The fourth-order valence-corrected chi connectivity index (χ4v) is 3.33. The summed E-state index contributed by atoms with van der Waals surface area (Å²) in [5.74, 6) is 0. The lowest BCUT2D eigenvalue weighted by atomic mass is 9.85. The van der Waals surface area contributed by atoms with E-state index in [9.17, 15) is 0 Å². The molecule has 1 fully saturated rings. The number of likely N-dealkylation sites (tertiary alicyclic amines) is 1. The van der Waals surface area contributed by atoms with Crippen LogP contribution in [0.3, 0.4) is 0 Å². The Balaban J connectivity index is 2.19. The van der Waals surface area contributed by atoms with Gasteiger partial charge in [0, 0.05) is 25.4 Å². The number of rotatable bonds is 4. The fraction of sp³-hybridized carbons (Fsp3) is 0.812. The van der Waals surface area contributed by atoms with Crippen LogP contribution >= 0.6 is 0 Å². The van der Waals surface area contributed by atoms with E-state index >= 15 is 0 Å². The van der Waals surface area contributed by atoms with Crippen molar-refractivity contribution in [1.82, 2.24) is 14.7 Å². The van der Waals surface area contributed by atoms with Gasteiger partial charge in [-0.15, -0.1) is 0 Å². The van der Waals surface area contributed by atoms with Crippen LogP contribution in [0.2, 0.25) is 0 Å². The Morgan fingerprint density at radius 1 is 1.35 bits per heavy atom. The van der Waals surface area contributed by atoms with Gasteiger partial charge in [0.25, 0.3) is 0 Å². The Bertz CT molecular complexity index is 436. The highest BCUT2D eigenvalue weighted by Crippen LogP contribution is 2.33. The maximum absolute atomic E-state index is 6.11. The van der Waals surface area contributed by atoms with E-state index in [1.165, 1.54) is 30.5 Å². The van der Waals surface area contributed by atoms with Crippen molar-refractivity contribution in [2.24, 2.45) is 18.2 Å². The fourth-order valence-electron chi connectivity index (χ4n) is 3.33. The van der Waals surface area contributed by atoms with E-state index in [-0.39, 0.29) is 0 Å². The molecule has 114 valence electrons. The van der Waals surface area contributed by atoms with Crippen molar-refractivity contribution in [1.29, 1.82) is 0 Å². The zero-order chi connectivity index (χ0) is 14.8. The molecule has 2 rings (SSSR count). The molecule has 1 aliphatic rings. The quantitative estimate of drug-likeness (QED) is 0.920. The number of hydrogen-bond acceptors (Lipinski definition) is 3. The van der Waals surface area contributed by atoms with E-state index in [1.807, 2.05) is 11.7 Å². The third-order valence-electron chi connectivity index (χ3n) is 4.67. The van der Waals surface area contributed by atoms with Crippen molar-refractivity contribution in [2.75, 3.05) is 19.6 Å². The molecule has 1 saturated heterocycles. The Morgan fingerprint density at radius 3 is 2.75 bits per heavy atom. The first-order valence-electron chi connectivity index (χ1n) is 7.93. The Kier molecular flexibility index (Phi) is 4.86. The molecule has 1 atom stereocenters. The van der Waals surface area contributed by atoms with Crippen LogP contribution in [0, 0.1) is 5.41 Å². The van der Waals surface area contributed by atoms with Crippen LogP contribution in [0.1, 0.15) is 57.3 Å². The predicted octanol–water partition coefficient (Wildman–Crippen LogP) is 2.49. The van der Waals surface area contributed by atoms with Gasteiger partial charge in [-0.1, -0.05) is 20.8 Å². The molecular formula is C16H30N4. The first kappa shape index (κ1) is 15.5. The molecule has 2 N–H and O–H groups in total. The summed E-state index contributed by atoms with van der Waals surface area (Å²) in [5, 5.41) is 4.58. The van der Waals surface area contributed by atoms with Gasteiger partial charge >= 0.3 is 0 Å². The van der Waals surface area contributed by atoms with Gasteiger partial charge in [0.2, 0.25) is 0 Å². The largest absolute Gasteiger partial charge is 0.329 e. The van der Waals surface area contributed by atoms with Crippen LogP contribution in [0.15, 0.2) is 6.20 Å². The molecule has 2 heterocycles. The van der Waals surface area contributed by atoms with Crippen molar-refractivity contribution >= 4 is 0 Å². The minimum absolute atomic E-state index is 0.326. The third-order valence-corrected chi connectivity index (χ3v) is 4.67. The Morgan fingerprint density at radius 2 is 2.10 bits per heavy atom. The van der Waals surface area contributed by atoms with Crippen LogP contribution in [-0.2, 0) is 13.5 Å². The van der Waals surface area contributed by atoms with Gasteiger partial charge in [-0.2, -0.15) is 5.10 Å². The monoisotopic (exact) mass is 278 g/mol. The number of hydrogen-bond donors (Lipinski definition) is 1. The normalized spacial score (nSPS) is 21.6. The molecule has 0 bridgehead atoms. The molecule has 0 radical (unpaired) electrons. The molecule has 0 aromatic carbocycles. The van der Waals surface area contributed by atoms with E-state index in [4.69, 9.17) is 5.73 Å². The minimum Gasteiger partial charge on any atom is -0.329 e. The van der Waals surface area contributed by atoms with Gasteiger partial charge in [-0.3, -0.25) is 9.58 Å². The first-order chi connectivity index (χ1) is 9.46. The maximum atomic E-state index is 6.11. The molecular weight excluding hydrogens is 248 g/mol. The molecule has 1 aromatic rings. The molecule has 0 aliphatic carbocycles. The second-order valence-corrected chi connectivity index (χ2v) is 6.86. The van der Waals surface area contributed by atoms with Gasteiger partial charge < -0.3 is 5.73 Å². The summed E-state index contributed by atoms with van der Waals surface area (Å²) in [4.78, 5) is 2.57. The molecule has 4 heteroatoms. The van der Waals surface area contributed by atoms with Gasteiger partial charge in [0.15, 0.2) is 0 Å². The summed E-state index contributed by atoms with van der Waals surface area (Å²) in [7, 11) is 2.00. The molecule has 0 spiro atoms. The third kappa shape index (κ3) is 3.41. The van der Waals surface area contributed by atoms with Crippen molar-refractivity contribution in [2.45, 2.75) is 52.5 Å². The summed E-state index contributed by atoms with van der Waals surface area (Å²) in [6.45, 7) is 9.92. The lowest BCUT2D eigenvalue weighted by molar-refractivity contribution is 0.199. The lowest BCUT2D eigenvalue weighted by Gasteiger charge is -2.30. The zero-order valence-corrected chi connectivity index (χ0v) is 13.5. The lowest BCUT2D eigenvalue weighted by Crippen LogP contribution is -2.35. The highest BCUT2D eigenvalue weighted by atomic mass is 15.3. The molecule has 0 saturated carbocycles. The molecule has 4 nitrogen and oxygen atoms in total. The van der Waals surface area contributed by atoms with Gasteiger partial charge in [-0.05, 0) is 44.2 Å². The zero-order valence-electron chi connectivity index (χ0n) is 13.5. The van der Waals surface area contributed by atoms with E-state index in [0.29, 0.717) is 18.0 Å². The van der Waals surface area contributed by atoms with Crippen LogP contribution < -0.4 is 5.73 Å². The summed E-state index contributed by atoms with van der Waals surface area (Å²) in [6, 6.07) is 0.326.